The molecular weight excluding hydrogens is 428 g/mol. The van der Waals surface area contributed by atoms with Crippen molar-refractivity contribution in [3.05, 3.63) is 58.1 Å². The summed E-state index contributed by atoms with van der Waals surface area (Å²) in [5.41, 5.74) is 0.775. The molecule has 0 N–H and O–H groups in total. The summed E-state index contributed by atoms with van der Waals surface area (Å²) in [4.78, 5) is 24.4. The van der Waals surface area contributed by atoms with E-state index in [2.05, 4.69) is 15.9 Å². The molecular formula is C21H21BrO6. The standard InChI is InChI=1S/C21H21BrO6/c1-2-25-19-10-7-15(12-18(19)22)21(24)28-16-8-5-14(6-9-16)20(23)27-13-17-4-3-11-26-17/h5-10,12,17H,2-4,11,13H2,1H3. The lowest BCUT2D eigenvalue weighted by atomic mass is 10.2. The third kappa shape index (κ3) is 5.33. The molecule has 1 saturated heterocycles. The minimum absolute atomic E-state index is 0.0161. The first-order valence-corrected chi connectivity index (χ1v) is 9.89. The highest BCUT2D eigenvalue weighted by Crippen LogP contribution is 2.26. The van der Waals surface area contributed by atoms with Crippen molar-refractivity contribution in [1.82, 2.24) is 0 Å². The summed E-state index contributed by atoms with van der Waals surface area (Å²) in [6.07, 6.45) is 1.88. The Kier molecular flexibility index (Phi) is 7.06. The second-order valence-corrected chi connectivity index (χ2v) is 7.08. The highest BCUT2D eigenvalue weighted by molar-refractivity contribution is 9.10. The van der Waals surface area contributed by atoms with Crippen molar-refractivity contribution in [1.29, 1.82) is 0 Å². The van der Waals surface area contributed by atoms with Gasteiger partial charge in [0.2, 0.25) is 0 Å². The minimum Gasteiger partial charge on any atom is -0.493 e. The number of ether oxygens (including phenoxy) is 4. The molecule has 2 aromatic rings. The van der Waals surface area contributed by atoms with Gasteiger partial charge < -0.3 is 18.9 Å². The van der Waals surface area contributed by atoms with Crippen LogP contribution in [-0.4, -0.2) is 37.9 Å². The lowest BCUT2D eigenvalue weighted by Crippen LogP contribution is -2.17. The van der Waals surface area contributed by atoms with Crippen LogP contribution in [0.2, 0.25) is 0 Å². The summed E-state index contributed by atoms with van der Waals surface area (Å²) in [5.74, 6) is 0.0666. The van der Waals surface area contributed by atoms with Crippen molar-refractivity contribution in [3.63, 3.8) is 0 Å². The van der Waals surface area contributed by atoms with Crippen LogP contribution in [-0.2, 0) is 9.47 Å². The summed E-state index contributed by atoms with van der Waals surface area (Å²) in [6.45, 7) is 3.39. The van der Waals surface area contributed by atoms with Gasteiger partial charge in [-0.3, -0.25) is 0 Å². The number of rotatable bonds is 7. The Labute approximate surface area is 171 Å². The Balaban J connectivity index is 1.56. The van der Waals surface area contributed by atoms with Crippen LogP contribution in [0.4, 0.5) is 0 Å². The maximum absolute atomic E-state index is 12.3. The van der Waals surface area contributed by atoms with Gasteiger partial charge in [-0.15, -0.1) is 0 Å². The molecule has 1 heterocycles. The molecule has 0 aliphatic carbocycles. The molecule has 0 amide bonds. The van der Waals surface area contributed by atoms with Crippen molar-refractivity contribution >= 4 is 27.9 Å². The van der Waals surface area contributed by atoms with Gasteiger partial charge in [-0.2, -0.15) is 0 Å². The molecule has 1 aliphatic rings. The largest absolute Gasteiger partial charge is 0.493 e. The summed E-state index contributed by atoms with van der Waals surface area (Å²) in [6, 6.07) is 11.2. The van der Waals surface area contributed by atoms with Gasteiger partial charge in [0.15, 0.2) is 0 Å². The van der Waals surface area contributed by atoms with Gasteiger partial charge in [0.25, 0.3) is 0 Å². The third-order valence-corrected chi connectivity index (χ3v) is 4.81. The van der Waals surface area contributed by atoms with Gasteiger partial charge in [-0.05, 0) is 78.2 Å². The molecule has 148 valence electrons. The minimum atomic E-state index is -0.502. The lowest BCUT2D eigenvalue weighted by Gasteiger charge is -2.11. The molecule has 28 heavy (non-hydrogen) atoms. The number of esters is 2. The second kappa shape index (κ2) is 9.71. The zero-order chi connectivity index (χ0) is 19.9. The molecule has 0 bridgehead atoms. The summed E-state index contributed by atoms with van der Waals surface area (Å²) >= 11 is 3.37. The van der Waals surface area contributed by atoms with E-state index in [1.807, 2.05) is 6.92 Å². The molecule has 1 unspecified atom stereocenters. The Bertz CT molecular complexity index is 827. The predicted octanol–water partition coefficient (Wildman–Crippen LogP) is 4.40. The monoisotopic (exact) mass is 448 g/mol. The van der Waals surface area contributed by atoms with E-state index in [0.29, 0.717) is 40.3 Å². The van der Waals surface area contributed by atoms with Crippen LogP contribution < -0.4 is 9.47 Å². The van der Waals surface area contributed by atoms with E-state index in [1.54, 1.807) is 42.5 Å². The van der Waals surface area contributed by atoms with Crippen LogP contribution >= 0.6 is 15.9 Å². The molecule has 0 spiro atoms. The van der Waals surface area contributed by atoms with Crippen molar-refractivity contribution < 1.29 is 28.5 Å². The fraction of sp³-hybridized carbons (Fsp3) is 0.333. The molecule has 3 rings (SSSR count). The second-order valence-electron chi connectivity index (χ2n) is 6.23. The number of carbonyl (C=O) groups is 2. The molecule has 2 aromatic carbocycles. The van der Waals surface area contributed by atoms with E-state index in [1.165, 1.54) is 0 Å². The van der Waals surface area contributed by atoms with E-state index in [9.17, 15) is 9.59 Å². The Morgan fingerprint density at radius 1 is 1.11 bits per heavy atom. The smallest absolute Gasteiger partial charge is 0.343 e. The zero-order valence-electron chi connectivity index (χ0n) is 15.5. The maximum Gasteiger partial charge on any atom is 0.343 e. The molecule has 1 fully saturated rings. The van der Waals surface area contributed by atoms with E-state index in [-0.39, 0.29) is 12.7 Å². The average molecular weight is 449 g/mol. The highest BCUT2D eigenvalue weighted by atomic mass is 79.9. The van der Waals surface area contributed by atoms with Crippen LogP contribution in [0.15, 0.2) is 46.9 Å². The van der Waals surface area contributed by atoms with Crippen molar-refractivity contribution in [2.75, 3.05) is 19.8 Å². The average Bonchev–Trinajstić information content (AvgIpc) is 3.22. The van der Waals surface area contributed by atoms with Crippen molar-refractivity contribution in [2.45, 2.75) is 25.9 Å². The van der Waals surface area contributed by atoms with Gasteiger partial charge in [0.1, 0.15) is 18.1 Å². The van der Waals surface area contributed by atoms with Crippen LogP contribution in [0, 0.1) is 0 Å². The first-order valence-electron chi connectivity index (χ1n) is 9.10. The normalized spacial score (nSPS) is 15.9. The topological polar surface area (TPSA) is 71.1 Å². The SMILES string of the molecule is CCOc1ccc(C(=O)Oc2ccc(C(=O)OCC3CCCO3)cc2)cc1Br. The predicted molar refractivity (Wildman–Crippen MR) is 106 cm³/mol. The summed E-state index contributed by atoms with van der Waals surface area (Å²) in [7, 11) is 0. The molecule has 0 aromatic heterocycles. The van der Waals surface area contributed by atoms with Gasteiger partial charge in [-0.1, -0.05) is 0 Å². The van der Waals surface area contributed by atoms with E-state index in [4.69, 9.17) is 18.9 Å². The van der Waals surface area contributed by atoms with E-state index in [0.717, 1.165) is 12.8 Å². The van der Waals surface area contributed by atoms with Gasteiger partial charge in [-0.25, -0.2) is 9.59 Å². The molecule has 7 heteroatoms. The van der Waals surface area contributed by atoms with Crippen LogP contribution in [0.25, 0.3) is 0 Å². The lowest BCUT2D eigenvalue weighted by molar-refractivity contribution is 0.0161. The Hall–Kier alpha value is -2.38. The van der Waals surface area contributed by atoms with Gasteiger partial charge >= 0.3 is 11.9 Å². The number of halogens is 1. The molecule has 1 atom stereocenters. The van der Waals surface area contributed by atoms with Crippen molar-refractivity contribution in [2.24, 2.45) is 0 Å². The van der Waals surface area contributed by atoms with Gasteiger partial charge in [0, 0.05) is 6.61 Å². The van der Waals surface area contributed by atoms with E-state index >= 15 is 0 Å². The first-order chi connectivity index (χ1) is 13.6. The number of carbonyl (C=O) groups excluding carboxylic acids is 2. The highest BCUT2D eigenvalue weighted by Gasteiger charge is 2.18. The molecule has 6 nitrogen and oxygen atoms in total. The zero-order valence-corrected chi connectivity index (χ0v) is 17.1. The molecule has 0 saturated carbocycles. The summed E-state index contributed by atoms with van der Waals surface area (Å²) < 4.78 is 22.1. The van der Waals surface area contributed by atoms with Gasteiger partial charge in [0.05, 0.1) is 28.3 Å². The maximum atomic E-state index is 12.3. The number of hydrogen-bond donors (Lipinski definition) is 0. The number of hydrogen-bond acceptors (Lipinski definition) is 6. The quantitative estimate of drug-likeness (QED) is 0.461. The Morgan fingerprint density at radius 2 is 1.86 bits per heavy atom. The fourth-order valence-corrected chi connectivity index (χ4v) is 3.25. The Morgan fingerprint density at radius 3 is 2.50 bits per heavy atom. The van der Waals surface area contributed by atoms with Crippen molar-refractivity contribution in [3.8, 4) is 11.5 Å². The third-order valence-electron chi connectivity index (χ3n) is 4.19. The molecule has 1 aliphatic heterocycles. The van der Waals surface area contributed by atoms with Crippen LogP contribution in [0.1, 0.15) is 40.5 Å². The van der Waals surface area contributed by atoms with Crippen LogP contribution in [0.3, 0.4) is 0 Å². The summed E-state index contributed by atoms with van der Waals surface area (Å²) in [5, 5.41) is 0. The fourth-order valence-electron chi connectivity index (χ4n) is 2.75. The number of benzene rings is 2. The first kappa shape index (κ1) is 20.4. The molecule has 0 radical (unpaired) electrons. The van der Waals surface area contributed by atoms with Crippen LogP contribution in [0.5, 0.6) is 11.5 Å². The van der Waals surface area contributed by atoms with E-state index < -0.39 is 11.9 Å².